The van der Waals surface area contributed by atoms with Gasteiger partial charge in [-0.3, -0.25) is 19.4 Å². The standard InChI is InChI=1S/C26H25BrN2O4/c1-16-8-10-21(17(2)12-16)29-24(30)15-28(22-11-9-20(32-3)14-23(22)33-4)26(31)25(29)18-6-5-7-19(27)13-18/h5-14,25H,15H2,1-4H3. The van der Waals surface area contributed by atoms with E-state index < -0.39 is 6.04 Å². The molecule has 0 aliphatic carbocycles. The quantitative estimate of drug-likeness (QED) is 0.474. The first-order valence-corrected chi connectivity index (χ1v) is 11.3. The first kappa shape index (κ1) is 22.9. The topological polar surface area (TPSA) is 59.1 Å². The van der Waals surface area contributed by atoms with Gasteiger partial charge in [0.15, 0.2) is 0 Å². The largest absolute Gasteiger partial charge is 0.497 e. The monoisotopic (exact) mass is 508 g/mol. The molecule has 0 aromatic heterocycles. The molecule has 1 atom stereocenters. The minimum absolute atomic E-state index is 0.0979. The number of halogens is 1. The lowest BCUT2D eigenvalue weighted by Crippen LogP contribution is -2.56. The van der Waals surface area contributed by atoms with Crippen molar-refractivity contribution in [2.75, 3.05) is 30.6 Å². The van der Waals surface area contributed by atoms with Gasteiger partial charge in [0.25, 0.3) is 5.91 Å². The van der Waals surface area contributed by atoms with E-state index in [2.05, 4.69) is 15.9 Å². The summed E-state index contributed by atoms with van der Waals surface area (Å²) in [6, 6.07) is 17.8. The van der Waals surface area contributed by atoms with Crippen molar-refractivity contribution in [3.8, 4) is 11.5 Å². The third-order valence-corrected chi connectivity index (χ3v) is 6.27. The average Bonchev–Trinajstić information content (AvgIpc) is 2.80. The van der Waals surface area contributed by atoms with Crippen LogP contribution < -0.4 is 19.3 Å². The van der Waals surface area contributed by atoms with Gasteiger partial charge >= 0.3 is 0 Å². The molecule has 4 rings (SSSR count). The third-order valence-electron chi connectivity index (χ3n) is 5.77. The highest BCUT2D eigenvalue weighted by molar-refractivity contribution is 9.10. The molecule has 3 aromatic carbocycles. The number of ether oxygens (including phenoxy) is 2. The second-order valence-electron chi connectivity index (χ2n) is 7.97. The summed E-state index contributed by atoms with van der Waals surface area (Å²) >= 11 is 3.50. The van der Waals surface area contributed by atoms with Gasteiger partial charge < -0.3 is 9.47 Å². The van der Waals surface area contributed by atoms with Gasteiger partial charge in [0, 0.05) is 16.2 Å². The van der Waals surface area contributed by atoms with Crippen LogP contribution in [0.2, 0.25) is 0 Å². The molecule has 0 saturated carbocycles. The molecule has 1 aliphatic rings. The van der Waals surface area contributed by atoms with Gasteiger partial charge in [0.1, 0.15) is 24.1 Å². The molecule has 1 fully saturated rings. The van der Waals surface area contributed by atoms with Crippen LogP contribution in [-0.4, -0.2) is 32.6 Å². The predicted octanol–water partition coefficient (Wildman–Crippen LogP) is 5.20. The van der Waals surface area contributed by atoms with Gasteiger partial charge in [-0.25, -0.2) is 0 Å². The fourth-order valence-electron chi connectivity index (χ4n) is 4.22. The fraction of sp³-hybridized carbons (Fsp3) is 0.231. The summed E-state index contributed by atoms with van der Waals surface area (Å²) in [4.78, 5) is 30.7. The summed E-state index contributed by atoms with van der Waals surface area (Å²) in [5.74, 6) is 0.677. The number of hydrogen-bond donors (Lipinski definition) is 0. The Labute approximate surface area is 201 Å². The molecule has 3 aromatic rings. The zero-order valence-electron chi connectivity index (χ0n) is 19.0. The van der Waals surface area contributed by atoms with Crippen molar-refractivity contribution < 1.29 is 19.1 Å². The fourth-order valence-corrected chi connectivity index (χ4v) is 4.64. The van der Waals surface area contributed by atoms with Crippen LogP contribution in [0, 0.1) is 13.8 Å². The van der Waals surface area contributed by atoms with Crippen molar-refractivity contribution in [2.24, 2.45) is 0 Å². The molecule has 0 spiro atoms. The predicted molar refractivity (Wildman–Crippen MR) is 132 cm³/mol. The van der Waals surface area contributed by atoms with Crippen LogP contribution in [0.1, 0.15) is 22.7 Å². The smallest absolute Gasteiger partial charge is 0.255 e. The Bertz CT molecular complexity index is 1230. The number of rotatable bonds is 5. The molecule has 170 valence electrons. The van der Waals surface area contributed by atoms with Crippen molar-refractivity contribution in [1.82, 2.24) is 0 Å². The van der Waals surface area contributed by atoms with E-state index in [4.69, 9.17) is 9.47 Å². The molecule has 1 saturated heterocycles. The van der Waals surface area contributed by atoms with Gasteiger partial charge in [0.2, 0.25) is 5.91 Å². The second kappa shape index (κ2) is 9.27. The molecule has 1 heterocycles. The SMILES string of the molecule is COc1ccc(N2CC(=O)N(c3ccc(C)cc3C)C(c3cccc(Br)c3)C2=O)c(OC)c1. The first-order chi connectivity index (χ1) is 15.8. The number of anilines is 2. The van der Waals surface area contributed by atoms with Crippen molar-refractivity contribution >= 4 is 39.1 Å². The number of nitrogens with zero attached hydrogens (tertiary/aromatic N) is 2. The highest BCUT2D eigenvalue weighted by atomic mass is 79.9. The zero-order chi connectivity index (χ0) is 23.7. The number of methoxy groups -OCH3 is 2. The first-order valence-electron chi connectivity index (χ1n) is 10.5. The number of hydrogen-bond acceptors (Lipinski definition) is 4. The Morgan fingerprint density at radius 3 is 2.33 bits per heavy atom. The van der Waals surface area contributed by atoms with Gasteiger partial charge in [-0.2, -0.15) is 0 Å². The molecule has 33 heavy (non-hydrogen) atoms. The van der Waals surface area contributed by atoms with E-state index in [1.165, 1.54) is 12.0 Å². The van der Waals surface area contributed by atoms with E-state index in [1.54, 1.807) is 30.2 Å². The van der Waals surface area contributed by atoms with E-state index in [0.717, 1.165) is 26.9 Å². The number of benzene rings is 3. The van der Waals surface area contributed by atoms with Crippen LogP contribution in [0.4, 0.5) is 11.4 Å². The zero-order valence-corrected chi connectivity index (χ0v) is 20.5. The third kappa shape index (κ3) is 4.33. The van der Waals surface area contributed by atoms with Crippen LogP contribution in [0.25, 0.3) is 0 Å². The maximum absolute atomic E-state index is 14.0. The number of carbonyl (C=O) groups is 2. The van der Waals surface area contributed by atoms with Crippen molar-refractivity contribution in [1.29, 1.82) is 0 Å². The molecular formula is C26H25BrN2O4. The summed E-state index contributed by atoms with van der Waals surface area (Å²) in [6.07, 6.45) is 0. The molecule has 6 nitrogen and oxygen atoms in total. The maximum atomic E-state index is 14.0. The van der Waals surface area contributed by atoms with Crippen LogP contribution in [0.15, 0.2) is 65.1 Å². The van der Waals surface area contributed by atoms with Gasteiger partial charge in [-0.1, -0.05) is 45.8 Å². The van der Waals surface area contributed by atoms with Crippen molar-refractivity contribution in [2.45, 2.75) is 19.9 Å². The highest BCUT2D eigenvalue weighted by Gasteiger charge is 2.43. The van der Waals surface area contributed by atoms with Crippen LogP contribution in [-0.2, 0) is 9.59 Å². The van der Waals surface area contributed by atoms with E-state index in [1.807, 2.05) is 56.3 Å². The molecule has 1 unspecified atom stereocenters. The summed E-state index contributed by atoms with van der Waals surface area (Å²) in [7, 11) is 3.09. The number of aryl methyl sites for hydroxylation is 2. The van der Waals surface area contributed by atoms with Crippen molar-refractivity contribution in [3.05, 3.63) is 81.8 Å². The molecule has 0 radical (unpaired) electrons. The normalized spacial score (nSPS) is 16.2. The van der Waals surface area contributed by atoms with Crippen LogP contribution in [0.5, 0.6) is 11.5 Å². The van der Waals surface area contributed by atoms with E-state index in [9.17, 15) is 9.59 Å². The molecule has 1 aliphatic heterocycles. The number of piperazine rings is 1. The minimum Gasteiger partial charge on any atom is -0.497 e. The second-order valence-corrected chi connectivity index (χ2v) is 8.89. The van der Waals surface area contributed by atoms with Gasteiger partial charge in [0.05, 0.1) is 19.9 Å². The molecule has 0 N–H and O–H groups in total. The average molecular weight is 509 g/mol. The molecule has 2 amide bonds. The summed E-state index contributed by atoms with van der Waals surface area (Å²) < 4.78 is 11.6. The summed E-state index contributed by atoms with van der Waals surface area (Å²) in [6.45, 7) is 3.86. The lowest BCUT2D eigenvalue weighted by molar-refractivity contribution is -0.128. The highest BCUT2D eigenvalue weighted by Crippen LogP contribution is 2.40. The Morgan fingerprint density at radius 1 is 0.909 bits per heavy atom. The van der Waals surface area contributed by atoms with E-state index >= 15 is 0 Å². The molecule has 7 heteroatoms. The summed E-state index contributed by atoms with van der Waals surface area (Å²) in [5, 5.41) is 0. The summed E-state index contributed by atoms with van der Waals surface area (Å²) in [5.41, 5.74) is 4.00. The lowest BCUT2D eigenvalue weighted by atomic mass is 9.98. The van der Waals surface area contributed by atoms with Gasteiger partial charge in [-0.15, -0.1) is 0 Å². The number of carbonyl (C=O) groups excluding carboxylic acids is 2. The Balaban J connectivity index is 1.86. The van der Waals surface area contributed by atoms with E-state index in [0.29, 0.717) is 17.2 Å². The van der Waals surface area contributed by atoms with Crippen molar-refractivity contribution in [3.63, 3.8) is 0 Å². The molecule has 0 bridgehead atoms. The van der Waals surface area contributed by atoms with Crippen LogP contribution >= 0.6 is 15.9 Å². The van der Waals surface area contributed by atoms with Crippen LogP contribution in [0.3, 0.4) is 0 Å². The Kier molecular flexibility index (Phi) is 6.42. The van der Waals surface area contributed by atoms with E-state index in [-0.39, 0.29) is 18.4 Å². The maximum Gasteiger partial charge on any atom is 0.255 e. The number of amides is 2. The minimum atomic E-state index is -0.822. The van der Waals surface area contributed by atoms with Gasteiger partial charge in [-0.05, 0) is 55.3 Å². The Morgan fingerprint density at radius 2 is 1.67 bits per heavy atom. The Hall–Kier alpha value is -3.32. The lowest BCUT2D eigenvalue weighted by Gasteiger charge is -2.41. The molecular weight excluding hydrogens is 484 g/mol.